The third-order valence-electron chi connectivity index (χ3n) is 3.01. The molecule has 82 valence electrons. The van der Waals surface area contributed by atoms with E-state index in [1.165, 1.54) is 0 Å². The summed E-state index contributed by atoms with van der Waals surface area (Å²) in [7, 11) is 1.59. The van der Waals surface area contributed by atoms with Gasteiger partial charge in [-0.05, 0) is 25.3 Å². The predicted molar refractivity (Wildman–Crippen MR) is 56.5 cm³/mol. The lowest BCUT2D eigenvalue weighted by Crippen LogP contribution is -2.25. The second-order valence-corrected chi connectivity index (χ2v) is 4.15. The maximum Gasteiger partial charge on any atom is 0.137 e. The molecule has 0 saturated heterocycles. The Kier molecular flexibility index (Phi) is 2.63. The fourth-order valence-corrected chi connectivity index (χ4v) is 2.11. The van der Waals surface area contributed by atoms with E-state index in [1.54, 1.807) is 19.5 Å². The van der Waals surface area contributed by atoms with E-state index in [1.807, 2.05) is 6.07 Å². The molecule has 0 radical (unpaired) electrons. The zero-order chi connectivity index (χ0) is 10.9. The van der Waals surface area contributed by atoms with Gasteiger partial charge in [0, 0.05) is 17.8 Å². The lowest BCUT2D eigenvalue weighted by atomic mass is 9.93. The minimum absolute atomic E-state index is 0.0844. The molecule has 4 heteroatoms. The van der Waals surface area contributed by atoms with Gasteiger partial charge in [0.1, 0.15) is 5.75 Å². The molecule has 1 aliphatic carbocycles. The van der Waals surface area contributed by atoms with Gasteiger partial charge < -0.3 is 15.6 Å². The average molecular weight is 208 g/mol. The molecule has 1 aliphatic rings. The molecular weight excluding hydrogens is 192 g/mol. The van der Waals surface area contributed by atoms with Gasteiger partial charge in [-0.25, -0.2) is 0 Å². The first-order valence-corrected chi connectivity index (χ1v) is 5.11. The van der Waals surface area contributed by atoms with Crippen molar-refractivity contribution < 1.29 is 9.84 Å². The second-order valence-electron chi connectivity index (χ2n) is 4.15. The van der Waals surface area contributed by atoms with Gasteiger partial charge in [-0.3, -0.25) is 4.98 Å². The average Bonchev–Trinajstić information content (AvgIpc) is 2.60. The van der Waals surface area contributed by atoms with Crippen LogP contribution in [0.25, 0.3) is 0 Å². The van der Waals surface area contributed by atoms with E-state index < -0.39 is 5.60 Å². The lowest BCUT2D eigenvalue weighted by molar-refractivity contribution is 0.0425. The maximum absolute atomic E-state index is 10.4. The highest BCUT2D eigenvalue weighted by Crippen LogP contribution is 2.38. The van der Waals surface area contributed by atoms with Crippen molar-refractivity contribution in [2.45, 2.75) is 30.9 Å². The Balaban J connectivity index is 2.28. The summed E-state index contributed by atoms with van der Waals surface area (Å²) in [4.78, 5) is 4.04. The quantitative estimate of drug-likeness (QED) is 0.754. The molecule has 1 aromatic heterocycles. The highest BCUT2D eigenvalue weighted by atomic mass is 16.5. The highest BCUT2D eigenvalue weighted by Gasteiger charge is 2.37. The first kappa shape index (κ1) is 10.4. The molecule has 0 bridgehead atoms. The van der Waals surface area contributed by atoms with Gasteiger partial charge in [-0.2, -0.15) is 0 Å². The van der Waals surface area contributed by atoms with Crippen molar-refractivity contribution in [1.29, 1.82) is 0 Å². The summed E-state index contributed by atoms with van der Waals surface area (Å²) >= 11 is 0. The monoisotopic (exact) mass is 208 g/mol. The van der Waals surface area contributed by atoms with Crippen LogP contribution in [-0.2, 0) is 5.60 Å². The fourth-order valence-electron chi connectivity index (χ4n) is 2.11. The molecule has 3 N–H and O–H groups in total. The molecule has 2 rings (SSSR count). The number of aliphatic hydroxyl groups is 1. The van der Waals surface area contributed by atoms with Crippen molar-refractivity contribution in [3.63, 3.8) is 0 Å². The minimum atomic E-state index is -0.818. The number of ether oxygens (including phenoxy) is 1. The number of nitrogens with zero attached hydrogens (tertiary/aromatic N) is 1. The Bertz CT molecular complexity index is 356. The molecule has 1 saturated carbocycles. The zero-order valence-corrected chi connectivity index (χ0v) is 8.81. The van der Waals surface area contributed by atoms with Crippen LogP contribution in [0.1, 0.15) is 24.8 Å². The molecular formula is C11H16N2O2. The molecule has 1 aromatic rings. The van der Waals surface area contributed by atoms with Gasteiger partial charge in [-0.1, -0.05) is 0 Å². The van der Waals surface area contributed by atoms with Crippen LogP contribution in [-0.4, -0.2) is 23.2 Å². The van der Waals surface area contributed by atoms with Gasteiger partial charge in [0.05, 0.1) is 18.9 Å². The van der Waals surface area contributed by atoms with Crippen molar-refractivity contribution in [2.75, 3.05) is 7.11 Å². The van der Waals surface area contributed by atoms with Gasteiger partial charge in [0.15, 0.2) is 0 Å². The number of hydrogen-bond acceptors (Lipinski definition) is 4. The van der Waals surface area contributed by atoms with Crippen molar-refractivity contribution >= 4 is 0 Å². The summed E-state index contributed by atoms with van der Waals surface area (Å²) in [6.45, 7) is 0. The number of nitrogens with two attached hydrogens (primary N) is 1. The highest BCUT2D eigenvalue weighted by molar-refractivity contribution is 5.29. The summed E-state index contributed by atoms with van der Waals surface area (Å²) < 4.78 is 5.08. The molecule has 15 heavy (non-hydrogen) atoms. The summed E-state index contributed by atoms with van der Waals surface area (Å²) in [6.07, 6.45) is 5.46. The van der Waals surface area contributed by atoms with Gasteiger partial charge in [0.25, 0.3) is 0 Å². The van der Waals surface area contributed by atoms with Gasteiger partial charge >= 0.3 is 0 Å². The summed E-state index contributed by atoms with van der Waals surface area (Å²) in [5.74, 6) is 0.668. The van der Waals surface area contributed by atoms with Crippen molar-refractivity contribution in [3.05, 3.63) is 24.0 Å². The van der Waals surface area contributed by atoms with E-state index in [0.717, 1.165) is 12.0 Å². The predicted octanol–water partition coefficient (Wildman–Crippen LogP) is 0.789. The van der Waals surface area contributed by atoms with E-state index in [4.69, 9.17) is 10.5 Å². The van der Waals surface area contributed by atoms with E-state index in [2.05, 4.69) is 4.98 Å². The number of methoxy groups -OCH3 is 1. The SMILES string of the molecule is COc1cncc(C2(O)CCC(N)C2)c1. The topological polar surface area (TPSA) is 68.4 Å². The van der Waals surface area contributed by atoms with E-state index in [0.29, 0.717) is 18.6 Å². The maximum atomic E-state index is 10.4. The van der Waals surface area contributed by atoms with Crippen molar-refractivity contribution in [2.24, 2.45) is 5.73 Å². The third kappa shape index (κ3) is 1.96. The summed E-state index contributed by atoms with van der Waals surface area (Å²) in [6, 6.07) is 1.91. The van der Waals surface area contributed by atoms with Crippen LogP contribution in [0.5, 0.6) is 5.75 Å². The Hall–Kier alpha value is -1.13. The molecule has 0 aliphatic heterocycles. The Labute approximate surface area is 89.1 Å². The number of aromatic nitrogens is 1. The van der Waals surface area contributed by atoms with E-state index >= 15 is 0 Å². The Morgan fingerprint density at radius 3 is 3.00 bits per heavy atom. The number of rotatable bonds is 2. The van der Waals surface area contributed by atoms with E-state index in [9.17, 15) is 5.11 Å². The first-order valence-electron chi connectivity index (χ1n) is 5.11. The fraction of sp³-hybridized carbons (Fsp3) is 0.545. The van der Waals surface area contributed by atoms with Crippen LogP contribution >= 0.6 is 0 Å². The lowest BCUT2D eigenvalue weighted by Gasteiger charge is -2.22. The second kappa shape index (κ2) is 3.79. The van der Waals surface area contributed by atoms with Crippen molar-refractivity contribution in [3.8, 4) is 5.75 Å². The minimum Gasteiger partial charge on any atom is -0.495 e. The smallest absolute Gasteiger partial charge is 0.137 e. The number of hydrogen-bond donors (Lipinski definition) is 2. The first-order chi connectivity index (χ1) is 7.14. The number of pyridine rings is 1. The van der Waals surface area contributed by atoms with Gasteiger partial charge in [-0.15, -0.1) is 0 Å². The zero-order valence-electron chi connectivity index (χ0n) is 8.81. The molecule has 2 atom stereocenters. The van der Waals surface area contributed by atoms with Crippen LogP contribution < -0.4 is 10.5 Å². The van der Waals surface area contributed by atoms with Crippen LogP contribution in [0.2, 0.25) is 0 Å². The molecule has 2 unspecified atom stereocenters. The normalized spacial score (nSPS) is 30.5. The van der Waals surface area contributed by atoms with E-state index in [-0.39, 0.29) is 6.04 Å². The summed E-state index contributed by atoms with van der Waals surface area (Å²) in [5.41, 5.74) is 5.79. The third-order valence-corrected chi connectivity index (χ3v) is 3.01. The Morgan fingerprint density at radius 1 is 1.60 bits per heavy atom. The molecule has 4 nitrogen and oxygen atoms in total. The summed E-state index contributed by atoms with van der Waals surface area (Å²) in [5, 5.41) is 10.4. The molecule has 0 amide bonds. The van der Waals surface area contributed by atoms with Crippen molar-refractivity contribution in [1.82, 2.24) is 4.98 Å². The van der Waals surface area contributed by atoms with Crippen LogP contribution in [0.3, 0.4) is 0 Å². The molecule has 0 aromatic carbocycles. The van der Waals surface area contributed by atoms with Crippen LogP contribution in [0.15, 0.2) is 18.5 Å². The van der Waals surface area contributed by atoms with Crippen LogP contribution in [0, 0.1) is 0 Å². The van der Waals surface area contributed by atoms with Gasteiger partial charge in [0.2, 0.25) is 0 Å². The molecule has 1 heterocycles. The molecule has 1 fully saturated rings. The van der Waals surface area contributed by atoms with Crippen LogP contribution in [0.4, 0.5) is 0 Å². The standard InChI is InChI=1S/C11H16N2O2/c1-15-10-4-8(6-13-7-10)11(14)3-2-9(12)5-11/h4,6-7,9,14H,2-3,5,12H2,1H3. The Morgan fingerprint density at radius 2 is 2.40 bits per heavy atom. The molecule has 0 spiro atoms. The largest absolute Gasteiger partial charge is 0.495 e.